The number of nitrogens with zero attached hydrogens (tertiary/aromatic N) is 3. The molecule has 6 nitrogen and oxygen atoms in total. The van der Waals surface area contributed by atoms with Gasteiger partial charge in [-0.15, -0.1) is 13.2 Å². The average molecular weight is 461 g/mol. The number of alkyl halides is 3. The molecule has 9 heteroatoms. The van der Waals surface area contributed by atoms with Crippen molar-refractivity contribution < 1.29 is 22.7 Å². The minimum Gasteiger partial charge on any atom is -0.406 e. The fraction of sp³-hybridized carbons (Fsp3) is 0.333. The first-order valence-corrected chi connectivity index (χ1v) is 10.6. The Morgan fingerprint density at radius 2 is 1.85 bits per heavy atom. The molecule has 1 amide bonds. The van der Waals surface area contributed by atoms with Crippen molar-refractivity contribution in [1.29, 1.82) is 0 Å². The molecule has 1 fully saturated rings. The van der Waals surface area contributed by atoms with E-state index in [1.165, 1.54) is 30.5 Å². The molecule has 0 radical (unpaired) electrons. The molecule has 2 aromatic rings. The normalized spacial score (nSPS) is 15.7. The monoisotopic (exact) mass is 460 g/mol. The SMILES string of the molecule is C=CNc1cc(C(=O)N2CCCN(C)CC2)ccc1C(C)=Nc1ccc(OC(F)(F)F)cc1. The van der Waals surface area contributed by atoms with Crippen molar-refractivity contribution in [3.63, 3.8) is 0 Å². The molecule has 1 heterocycles. The van der Waals surface area contributed by atoms with Gasteiger partial charge in [0.2, 0.25) is 0 Å². The second-order valence-electron chi connectivity index (χ2n) is 7.80. The van der Waals surface area contributed by atoms with E-state index < -0.39 is 6.36 Å². The van der Waals surface area contributed by atoms with Crippen LogP contribution in [0, 0.1) is 0 Å². The predicted molar refractivity (Wildman–Crippen MR) is 123 cm³/mol. The Labute approximate surface area is 191 Å². The maximum atomic E-state index is 13.1. The second kappa shape index (κ2) is 10.5. The number of anilines is 1. The molecule has 3 rings (SSSR count). The molecule has 0 bridgehead atoms. The summed E-state index contributed by atoms with van der Waals surface area (Å²) in [6.07, 6.45) is -2.30. The third kappa shape index (κ3) is 6.82. The first kappa shape index (κ1) is 24.3. The number of benzene rings is 2. The Kier molecular flexibility index (Phi) is 7.75. The molecule has 0 aliphatic carbocycles. The molecule has 2 aromatic carbocycles. The van der Waals surface area contributed by atoms with Gasteiger partial charge in [0, 0.05) is 42.2 Å². The zero-order valence-corrected chi connectivity index (χ0v) is 18.7. The van der Waals surface area contributed by atoms with Crippen LogP contribution in [0.3, 0.4) is 0 Å². The highest BCUT2D eigenvalue weighted by Crippen LogP contribution is 2.26. The fourth-order valence-corrected chi connectivity index (χ4v) is 3.63. The van der Waals surface area contributed by atoms with Crippen LogP contribution in [0.5, 0.6) is 5.75 Å². The Bertz CT molecular complexity index is 1020. The number of nitrogens with one attached hydrogen (secondary N) is 1. The lowest BCUT2D eigenvalue weighted by Gasteiger charge is -2.21. The maximum Gasteiger partial charge on any atom is 0.573 e. The molecule has 0 atom stereocenters. The van der Waals surface area contributed by atoms with Crippen molar-refractivity contribution in [1.82, 2.24) is 9.80 Å². The summed E-state index contributed by atoms with van der Waals surface area (Å²) in [5.74, 6) is -0.338. The zero-order valence-electron chi connectivity index (χ0n) is 18.7. The van der Waals surface area contributed by atoms with Gasteiger partial charge in [-0.05, 0) is 69.5 Å². The number of ether oxygens (including phenoxy) is 1. The van der Waals surface area contributed by atoms with E-state index in [1.807, 2.05) is 18.0 Å². The smallest absolute Gasteiger partial charge is 0.406 e. The van der Waals surface area contributed by atoms with E-state index in [0.29, 0.717) is 35.7 Å². The topological polar surface area (TPSA) is 57.2 Å². The van der Waals surface area contributed by atoms with Crippen molar-refractivity contribution in [2.24, 2.45) is 4.99 Å². The third-order valence-electron chi connectivity index (χ3n) is 5.29. The van der Waals surface area contributed by atoms with Crippen LogP contribution in [-0.4, -0.2) is 61.0 Å². The summed E-state index contributed by atoms with van der Waals surface area (Å²) in [6, 6.07) is 10.7. The standard InChI is InChI=1S/C24H27F3N4O2/c1-4-28-22-16-18(23(32)31-13-5-12-30(3)14-15-31)6-11-21(22)17(2)29-19-7-9-20(10-8-19)33-24(25,26)27/h4,6-11,16,28H,1,5,12-15H2,2-3H3. The molecule has 0 aromatic heterocycles. The van der Waals surface area contributed by atoms with Crippen LogP contribution < -0.4 is 10.1 Å². The highest BCUT2D eigenvalue weighted by atomic mass is 19.4. The summed E-state index contributed by atoms with van der Waals surface area (Å²) in [5.41, 5.74) is 3.08. The molecule has 33 heavy (non-hydrogen) atoms. The van der Waals surface area contributed by atoms with Crippen molar-refractivity contribution in [2.75, 3.05) is 38.5 Å². The Morgan fingerprint density at radius 1 is 1.12 bits per heavy atom. The maximum absolute atomic E-state index is 13.1. The van der Waals surface area contributed by atoms with E-state index in [4.69, 9.17) is 0 Å². The zero-order chi connectivity index (χ0) is 24.0. The summed E-state index contributed by atoms with van der Waals surface area (Å²) in [7, 11) is 2.05. The number of rotatable bonds is 6. The quantitative estimate of drug-likeness (QED) is 0.613. The molecule has 0 saturated carbocycles. The van der Waals surface area contributed by atoms with E-state index in [1.54, 1.807) is 19.1 Å². The van der Waals surface area contributed by atoms with Crippen LogP contribution in [0.25, 0.3) is 0 Å². The number of carbonyl (C=O) groups excluding carboxylic acids is 1. The van der Waals surface area contributed by atoms with Gasteiger partial charge in [-0.3, -0.25) is 9.79 Å². The van der Waals surface area contributed by atoms with Crippen LogP contribution >= 0.6 is 0 Å². The molecule has 176 valence electrons. The van der Waals surface area contributed by atoms with E-state index in [-0.39, 0.29) is 11.7 Å². The molecule has 0 unspecified atom stereocenters. The predicted octanol–water partition coefficient (Wildman–Crippen LogP) is 5.06. The van der Waals surface area contributed by atoms with E-state index in [0.717, 1.165) is 25.1 Å². The first-order chi connectivity index (χ1) is 15.7. The van der Waals surface area contributed by atoms with Crippen LogP contribution in [0.4, 0.5) is 24.5 Å². The Morgan fingerprint density at radius 3 is 2.52 bits per heavy atom. The first-order valence-electron chi connectivity index (χ1n) is 10.6. The number of carbonyl (C=O) groups is 1. The number of hydrogen-bond acceptors (Lipinski definition) is 5. The molecular formula is C24H27F3N4O2. The molecule has 1 aliphatic rings. The van der Waals surface area contributed by atoms with Gasteiger partial charge in [0.25, 0.3) is 5.91 Å². The van der Waals surface area contributed by atoms with Gasteiger partial charge in [-0.1, -0.05) is 12.6 Å². The van der Waals surface area contributed by atoms with Crippen molar-refractivity contribution >= 4 is 23.0 Å². The van der Waals surface area contributed by atoms with Gasteiger partial charge < -0.3 is 19.9 Å². The van der Waals surface area contributed by atoms with Crippen molar-refractivity contribution in [3.05, 3.63) is 66.4 Å². The third-order valence-corrected chi connectivity index (χ3v) is 5.29. The van der Waals surface area contributed by atoms with Crippen LogP contribution in [-0.2, 0) is 0 Å². The second-order valence-corrected chi connectivity index (χ2v) is 7.80. The van der Waals surface area contributed by atoms with Crippen molar-refractivity contribution in [2.45, 2.75) is 19.7 Å². The van der Waals surface area contributed by atoms with Crippen LogP contribution in [0.1, 0.15) is 29.3 Å². The summed E-state index contributed by atoms with van der Waals surface area (Å²) in [6.45, 7) is 8.68. The molecule has 1 saturated heterocycles. The number of likely N-dealkylation sites (N-methyl/N-ethyl adjacent to an activating group) is 1. The van der Waals surface area contributed by atoms with Crippen LogP contribution in [0.2, 0.25) is 0 Å². The van der Waals surface area contributed by atoms with E-state index >= 15 is 0 Å². The molecule has 1 N–H and O–H groups in total. The highest BCUT2D eigenvalue weighted by molar-refractivity contribution is 6.06. The van der Waals surface area contributed by atoms with Crippen LogP contribution in [0.15, 0.2) is 60.2 Å². The summed E-state index contributed by atoms with van der Waals surface area (Å²) in [5, 5.41) is 3.05. The Hall–Kier alpha value is -3.33. The lowest BCUT2D eigenvalue weighted by molar-refractivity contribution is -0.274. The number of hydrogen-bond donors (Lipinski definition) is 1. The average Bonchev–Trinajstić information content (AvgIpc) is 2.98. The summed E-state index contributed by atoms with van der Waals surface area (Å²) < 4.78 is 40.9. The lowest BCUT2D eigenvalue weighted by atomic mass is 10.0. The fourth-order valence-electron chi connectivity index (χ4n) is 3.63. The molecule has 1 aliphatic heterocycles. The molecule has 0 spiro atoms. The van der Waals surface area contributed by atoms with Gasteiger partial charge in [0.15, 0.2) is 0 Å². The molecular weight excluding hydrogens is 433 g/mol. The van der Waals surface area contributed by atoms with E-state index in [9.17, 15) is 18.0 Å². The van der Waals surface area contributed by atoms with Gasteiger partial charge in [0.1, 0.15) is 5.75 Å². The lowest BCUT2D eigenvalue weighted by Crippen LogP contribution is -2.34. The summed E-state index contributed by atoms with van der Waals surface area (Å²) in [4.78, 5) is 21.6. The van der Waals surface area contributed by atoms with E-state index in [2.05, 4.69) is 26.5 Å². The largest absolute Gasteiger partial charge is 0.573 e. The number of aliphatic imine (C=N–C) groups is 1. The van der Waals surface area contributed by atoms with Gasteiger partial charge in [0.05, 0.1) is 5.69 Å². The van der Waals surface area contributed by atoms with Gasteiger partial charge in [-0.2, -0.15) is 0 Å². The highest BCUT2D eigenvalue weighted by Gasteiger charge is 2.31. The Balaban J connectivity index is 1.82. The minimum absolute atomic E-state index is 0.0289. The number of amides is 1. The minimum atomic E-state index is -4.74. The van der Waals surface area contributed by atoms with Crippen molar-refractivity contribution in [3.8, 4) is 5.75 Å². The van der Waals surface area contributed by atoms with Gasteiger partial charge >= 0.3 is 6.36 Å². The van der Waals surface area contributed by atoms with Gasteiger partial charge in [-0.25, -0.2) is 0 Å². The number of halogens is 3. The summed E-state index contributed by atoms with van der Waals surface area (Å²) >= 11 is 0.